The highest BCUT2D eigenvalue weighted by Crippen LogP contribution is 2.40. The van der Waals surface area contributed by atoms with Crippen molar-refractivity contribution in [3.05, 3.63) is 23.8 Å². The van der Waals surface area contributed by atoms with E-state index in [0.29, 0.717) is 23.4 Å². The van der Waals surface area contributed by atoms with E-state index in [4.69, 9.17) is 14.5 Å². The number of aliphatic imine (C=N–C) groups is 1. The Balaban J connectivity index is 0.00000480. The first-order chi connectivity index (χ1) is 14.5. The highest BCUT2D eigenvalue weighted by atomic mass is 127. The van der Waals surface area contributed by atoms with Crippen LogP contribution in [0.15, 0.2) is 23.2 Å². The lowest BCUT2D eigenvalue weighted by atomic mass is 9.83. The summed E-state index contributed by atoms with van der Waals surface area (Å²) >= 11 is 0. The van der Waals surface area contributed by atoms with Crippen molar-refractivity contribution in [2.24, 2.45) is 10.4 Å². The predicted octanol–water partition coefficient (Wildman–Crippen LogP) is 4.31. The minimum atomic E-state index is -0.127. The van der Waals surface area contributed by atoms with Gasteiger partial charge in [0.05, 0.1) is 19.3 Å². The quantitative estimate of drug-likeness (QED) is 0.167. The average Bonchev–Trinajstić information content (AvgIpc) is 3.19. The largest absolute Gasteiger partial charge is 0.495 e. The number of hydrogen-bond donors (Lipinski definition) is 3. The number of ether oxygens (including phenoxy) is 2. The van der Waals surface area contributed by atoms with Crippen LogP contribution in [0.5, 0.6) is 5.75 Å². The fraction of sp³-hybridized carbons (Fsp3) is 0.652. The molecular weight excluding hydrogens is 507 g/mol. The smallest absolute Gasteiger partial charge is 0.221 e. The molecule has 1 aliphatic carbocycles. The summed E-state index contributed by atoms with van der Waals surface area (Å²) in [7, 11) is 1.59. The summed E-state index contributed by atoms with van der Waals surface area (Å²) < 4.78 is 11.0. The first-order valence-electron chi connectivity index (χ1n) is 11.1. The Labute approximate surface area is 204 Å². The van der Waals surface area contributed by atoms with Crippen LogP contribution in [0.3, 0.4) is 0 Å². The number of nitrogens with one attached hydrogen (secondary N) is 3. The van der Waals surface area contributed by atoms with Crippen molar-refractivity contribution in [3.8, 4) is 5.75 Å². The van der Waals surface area contributed by atoms with Gasteiger partial charge in [-0.2, -0.15) is 0 Å². The zero-order valence-corrected chi connectivity index (χ0v) is 21.7. The van der Waals surface area contributed by atoms with Gasteiger partial charge in [0.2, 0.25) is 5.91 Å². The van der Waals surface area contributed by atoms with Crippen molar-refractivity contribution in [1.29, 1.82) is 0 Å². The molecule has 0 bridgehead atoms. The molecule has 31 heavy (non-hydrogen) atoms. The number of amides is 1. The molecule has 0 radical (unpaired) electrons. The van der Waals surface area contributed by atoms with E-state index < -0.39 is 0 Å². The maximum Gasteiger partial charge on any atom is 0.221 e. The number of rotatable bonds is 11. The normalized spacial score (nSPS) is 15.2. The van der Waals surface area contributed by atoms with E-state index in [9.17, 15) is 4.79 Å². The van der Waals surface area contributed by atoms with Crippen molar-refractivity contribution in [1.82, 2.24) is 10.6 Å². The third-order valence-electron chi connectivity index (χ3n) is 5.61. The molecule has 1 saturated carbocycles. The van der Waals surface area contributed by atoms with Gasteiger partial charge in [-0.15, -0.1) is 24.0 Å². The number of nitrogens with zero attached hydrogens (tertiary/aromatic N) is 1. The Morgan fingerprint density at radius 2 is 1.94 bits per heavy atom. The molecule has 0 saturated heterocycles. The van der Waals surface area contributed by atoms with Crippen molar-refractivity contribution in [3.63, 3.8) is 0 Å². The number of guanidine groups is 1. The lowest BCUT2D eigenvalue weighted by molar-refractivity contribution is -0.114. The first-order valence-corrected chi connectivity index (χ1v) is 11.1. The molecule has 1 amide bonds. The van der Waals surface area contributed by atoms with E-state index in [0.717, 1.165) is 44.2 Å². The van der Waals surface area contributed by atoms with Crippen LogP contribution in [0.4, 0.5) is 5.69 Å². The number of carbonyl (C=O) groups is 1. The molecular formula is C23H39IN4O3. The summed E-state index contributed by atoms with van der Waals surface area (Å²) in [5, 5.41) is 9.72. The van der Waals surface area contributed by atoms with E-state index in [1.807, 2.05) is 25.1 Å². The summed E-state index contributed by atoms with van der Waals surface area (Å²) in [5.41, 5.74) is 1.96. The number of halogens is 1. The molecule has 0 heterocycles. The molecule has 3 N–H and O–H groups in total. The van der Waals surface area contributed by atoms with Gasteiger partial charge in [0.1, 0.15) is 5.75 Å². The maximum atomic E-state index is 11.5. The number of methoxy groups -OCH3 is 1. The van der Waals surface area contributed by atoms with Gasteiger partial charge in [0.25, 0.3) is 0 Å². The summed E-state index contributed by atoms with van der Waals surface area (Å²) in [6.45, 7) is 9.43. The zero-order chi connectivity index (χ0) is 21.8. The molecule has 1 aliphatic rings. The molecule has 0 aliphatic heterocycles. The number of carbonyl (C=O) groups excluding carboxylic acids is 1. The standard InChI is InChI=1S/C23H38N4O3.HI/c1-5-24-22(26-17-23(11-7-8-12-23)13-14-30-6-2)25-16-19-9-10-21(29-4)20(15-19)27-18(3)28;/h9-10,15H,5-8,11-14,16-17H2,1-4H3,(H,27,28)(H2,24,25,26);1H. The molecule has 0 unspecified atom stereocenters. The van der Waals surface area contributed by atoms with E-state index in [2.05, 4.69) is 22.9 Å². The maximum absolute atomic E-state index is 11.5. The molecule has 2 rings (SSSR count). The Bertz CT molecular complexity index is 706. The van der Waals surface area contributed by atoms with Gasteiger partial charge in [-0.3, -0.25) is 4.79 Å². The predicted molar refractivity (Wildman–Crippen MR) is 138 cm³/mol. The minimum Gasteiger partial charge on any atom is -0.495 e. The van der Waals surface area contributed by atoms with Crippen LogP contribution in [0.1, 0.15) is 58.4 Å². The zero-order valence-electron chi connectivity index (χ0n) is 19.4. The van der Waals surface area contributed by atoms with Gasteiger partial charge in [-0.05, 0) is 56.2 Å². The van der Waals surface area contributed by atoms with E-state index in [1.165, 1.54) is 32.6 Å². The molecule has 1 aromatic rings. The van der Waals surface area contributed by atoms with Crippen molar-refractivity contribution < 1.29 is 14.3 Å². The van der Waals surface area contributed by atoms with Crippen LogP contribution in [0.2, 0.25) is 0 Å². The lowest BCUT2D eigenvalue weighted by Crippen LogP contribution is -2.43. The molecule has 7 nitrogen and oxygen atoms in total. The number of benzene rings is 1. The minimum absolute atomic E-state index is 0. The van der Waals surface area contributed by atoms with Crippen LogP contribution in [-0.4, -0.2) is 45.3 Å². The Morgan fingerprint density at radius 1 is 1.19 bits per heavy atom. The third kappa shape index (κ3) is 9.22. The molecule has 0 aromatic heterocycles. The van der Waals surface area contributed by atoms with Crippen molar-refractivity contribution in [2.45, 2.75) is 59.4 Å². The molecule has 8 heteroatoms. The van der Waals surface area contributed by atoms with E-state index >= 15 is 0 Å². The lowest BCUT2D eigenvalue weighted by Gasteiger charge is -2.30. The highest BCUT2D eigenvalue weighted by molar-refractivity contribution is 14.0. The second kappa shape index (κ2) is 14.5. The van der Waals surface area contributed by atoms with Gasteiger partial charge < -0.3 is 25.4 Å². The molecule has 1 aromatic carbocycles. The number of anilines is 1. The first kappa shape index (κ1) is 27.5. The highest BCUT2D eigenvalue weighted by Gasteiger charge is 2.33. The average molecular weight is 546 g/mol. The van der Waals surface area contributed by atoms with Crippen LogP contribution < -0.4 is 20.7 Å². The Kier molecular flexibility index (Phi) is 12.9. The van der Waals surface area contributed by atoms with Gasteiger partial charge in [-0.25, -0.2) is 4.99 Å². The molecule has 0 spiro atoms. The van der Waals surface area contributed by atoms with Crippen LogP contribution in [-0.2, 0) is 16.1 Å². The molecule has 0 atom stereocenters. The van der Waals surface area contributed by atoms with Gasteiger partial charge in [0, 0.05) is 33.2 Å². The summed E-state index contributed by atoms with van der Waals surface area (Å²) in [5.74, 6) is 1.33. The van der Waals surface area contributed by atoms with Gasteiger partial charge >= 0.3 is 0 Å². The van der Waals surface area contributed by atoms with E-state index in [1.54, 1.807) is 7.11 Å². The summed E-state index contributed by atoms with van der Waals surface area (Å²) in [4.78, 5) is 16.2. The second-order valence-electron chi connectivity index (χ2n) is 7.92. The monoisotopic (exact) mass is 546 g/mol. The summed E-state index contributed by atoms with van der Waals surface area (Å²) in [6, 6.07) is 5.74. The summed E-state index contributed by atoms with van der Waals surface area (Å²) in [6.07, 6.45) is 6.15. The Hall–Kier alpha value is -1.55. The number of hydrogen-bond acceptors (Lipinski definition) is 4. The molecule has 176 valence electrons. The SMILES string of the molecule is CCNC(=NCc1ccc(OC)c(NC(C)=O)c1)NCC1(CCOCC)CCCC1.I. The fourth-order valence-electron chi connectivity index (χ4n) is 4.00. The topological polar surface area (TPSA) is 84.0 Å². The van der Waals surface area contributed by atoms with Crippen LogP contribution in [0.25, 0.3) is 0 Å². The van der Waals surface area contributed by atoms with Crippen molar-refractivity contribution >= 4 is 41.5 Å². The van der Waals surface area contributed by atoms with Gasteiger partial charge in [-0.1, -0.05) is 18.9 Å². The van der Waals surface area contributed by atoms with Crippen LogP contribution >= 0.6 is 24.0 Å². The van der Waals surface area contributed by atoms with E-state index in [-0.39, 0.29) is 29.9 Å². The second-order valence-corrected chi connectivity index (χ2v) is 7.92. The van der Waals surface area contributed by atoms with Gasteiger partial charge in [0.15, 0.2) is 5.96 Å². The Morgan fingerprint density at radius 3 is 2.55 bits per heavy atom. The third-order valence-corrected chi connectivity index (χ3v) is 5.61. The fourth-order valence-corrected chi connectivity index (χ4v) is 4.00. The van der Waals surface area contributed by atoms with Crippen LogP contribution in [0, 0.1) is 5.41 Å². The van der Waals surface area contributed by atoms with Crippen molar-refractivity contribution in [2.75, 3.05) is 38.7 Å². The molecule has 1 fully saturated rings.